The van der Waals surface area contributed by atoms with Crippen molar-refractivity contribution in [1.82, 2.24) is 15.1 Å². The highest BCUT2D eigenvalue weighted by atomic mass is 16.5. The largest absolute Gasteiger partial charge is 0.480 e. The third-order valence-electron chi connectivity index (χ3n) is 4.26. The number of nitrogens with zero attached hydrogens (tertiary/aromatic N) is 2. The molecule has 21 heavy (non-hydrogen) atoms. The molecule has 0 aromatic carbocycles. The Bertz CT molecular complexity index is 388. The Morgan fingerprint density at radius 1 is 1.33 bits per heavy atom. The molecular formula is C14H25N3O4. The van der Waals surface area contributed by atoms with Crippen LogP contribution in [0.1, 0.15) is 19.8 Å². The second-order valence-electron chi connectivity index (χ2n) is 6.42. The lowest BCUT2D eigenvalue weighted by molar-refractivity contribution is -0.159. The molecule has 2 aliphatic heterocycles. The number of likely N-dealkylation sites (tertiary alicyclic amines) is 2. The molecule has 7 heteroatoms. The first-order valence-electron chi connectivity index (χ1n) is 7.45. The van der Waals surface area contributed by atoms with Gasteiger partial charge in [-0.05, 0) is 45.8 Å². The fraction of sp³-hybridized carbons (Fsp3) is 0.857. The third-order valence-corrected chi connectivity index (χ3v) is 4.26. The van der Waals surface area contributed by atoms with E-state index < -0.39 is 11.6 Å². The summed E-state index contributed by atoms with van der Waals surface area (Å²) in [5.74, 6) is -0.428. The SMILES string of the molecule is CN1CCC(CNC(=O)N2CC(C)(OCC(=O)O)C2)CC1. The molecule has 0 bridgehead atoms. The van der Waals surface area contributed by atoms with Crippen LogP contribution in [-0.4, -0.2) is 78.9 Å². The van der Waals surface area contributed by atoms with Gasteiger partial charge in [0.25, 0.3) is 0 Å². The molecule has 0 aromatic heterocycles. The number of carbonyl (C=O) groups is 2. The van der Waals surface area contributed by atoms with Crippen molar-refractivity contribution in [2.45, 2.75) is 25.4 Å². The summed E-state index contributed by atoms with van der Waals surface area (Å²) in [6, 6.07) is -0.0784. The van der Waals surface area contributed by atoms with Crippen LogP contribution in [0, 0.1) is 5.92 Å². The van der Waals surface area contributed by atoms with Crippen LogP contribution >= 0.6 is 0 Å². The number of carboxylic acid groups (broad SMARTS) is 1. The van der Waals surface area contributed by atoms with Crippen LogP contribution in [0.15, 0.2) is 0 Å². The predicted octanol–water partition coefficient (Wildman–Crippen LogP) is 0.213. The Balaban J connectivity index is 1.63. The van der Waals surface area contributed by atoms with E-state index >= 15 is 0 Å². The summed E-state index contributed by atoms with van der Waals surface area (Å²) in [6.45, 7) is 5.30. The van der Waals surface area contributed by atoms with Crippen molar-refractivity contribution in [2.24, 2.45) is 5.92 Å². The summed E-state index contributed by atoms with van der Waals surface area (Å²) in [5, 5.41) is 11.6. The van der Waals surface area contributed by atoms with Crippen molar-refractivity contribution < 1.29 is 19.4 Å². The molecule has 2 amide bonds. The van der Waals surface area contributed by atoms with Crippen molar-refractivity contribution in [3.63, 3.8) is 0 Å². The number of piperidine rings is 1. The molecule has 0 saturated carbocycles. The lowest BCUT2D eigenvalue weighted by Gasteiger charge is -2.47. The van der Waals surface area contributed by atoms with Gasteiger partial charge in [-0.2, -0.15) is 0 Å². The lowest BCUT2D eigenvalue weighted by Crippen LogP contribution is -2.65. The van der Waals surface area contributed by atoms with Gasteiger partial charge >= 0.3 is 12.0 Å². The van der Waals surface area contributed by atoms with Gasteiger partial charge in [-0.3, -0.25) is 0 Å². The second kappa shape index (κ2) is 6.62. The zero-order valence-corrected chi connectivity index (χ0v) is 12.8. The van der Waals surface area contributed by atoms with Crippen LogP contribution in [0.2, 0.25) is 0 Å². The molecule has 120 valence electrons. The molecule has 0 aromatic rings. The number of urea groups is 1. The van der Waals surface area contributed by atoms with E-state index in [1.807, 2.05) is 6.92 Å². The van der Waals surface area contributed by atoms with E-state index in [9.17, 15) is 9.59 Å². The van der Waals surface area contributed by atoms with E-state index in [2.05, 4.69) is 17.3 Å². The average molecular weight is 299 g/mol. The summed E-state index contributed by atoms with van der Waals surface area (Å²) in [7, 11) is 2.12. The van der Waals surface area contributed by atoms with Crippen molar-refractivity contribution in [3.05, 3.63) is 0 Å². The second-order valence-corrected chi connectivity index (χ2v) is 6.42. The van der Waals surface area contributed by atoms with Gasteiger partial charge in [0, 0.05) is 6.54 Å². The number of carbonyl (C=O) groups excluding carboxylic acids is 1. The van der Waals surface area contributed by atoms with Crippen LogP contribution < -0.4 is 5.32 Å². The van der Waals surface area contributed by atoms with Crippen molar-refractivity contribution >= 4 is 12.0 Å². The maximum atomic E-state index is 12.0. The van der Waals surface area contributed by atoms with Gasteiger partial charge in [0.2, 0.25) is 0 Å². The molecule has 0 atom stereocenters. The van der Waals surface area contributed by atoms with Gasteiger partial charge in [0.05, 0.1) is 13.1 Å². The molecule has 2 rings (SSSR count). The van der Waals surface area contributed by atoms with Crippen LogP contribution in [0.3, 0.4) is 0 Å². The lowest BCUT2D eigenvalue weighted by atomic mass is 9.96. The number of aliphatic carboxylic acids is 1. The number of carboxylic acids is 1. The molecule has 2 N–H and O–H groups in total. The third kappa shape index (κ3) is 4.57. The molecule has 2 aliphatic rings. The molecule has 0 aliphatic carbocycles. The monoisotopic (exact) mass is 299 g/mol. The summed E-state index contributed by atoms with van der Waals surface area (Å²) in [4.78, 5) is 26.4. The standard InChI is InChI=1S/C14H25N3O4/c1-14(21-8-12(18)19)9-17(10-14)13(20)15-7-11-3-5-16(2)6-4-11/h11H,3-10H2,1-2H3,(H,15,20)(H,18,19). The first kappa shape index (κ1) is 16.0. The number of hydrogen-bond donors (Lipinski definition) is 2. The fourth-order valence-corrected chi connectivity index (χ4v) is 2.84. The minimum Gasteiger partial charge on any atom is -0.480 e. The summed E-state index contributed by atoms with van der Waals surface area (Å²) in [5.41, 5.74) is -0.525. The Hall–Kier alpha value is -1.34. The van der Waals surface area contributed by atoms with E-state index in [1.165, 1.54) is 0 Å². The van der Waals surface area contributed by atoms with Crippen molar-refractivity contribution in [3.8, 4) is 0 Å². The minimum absolute atomic E-state index is 0.0784. The van der Waals surface area contributed by atoms with Crippen LogP contribution in [0.4, 0.5) is 4.79 Å². The van der Waals surface area contributed by atoms with Crippen molar-refractivity contribution in [1.29, 1.82) is 0 Å². The van der Waals surface area contributed by atoms with Gasteiger partial charge in [0.15, 0.2) is 0 Å². The predicted molar refractivity (Wildman–Crippen MR) is 77.2 cm³/mol. The summed E-state index contributed by atoms with van der Waals surface area (Å²) >= 11 is 0. The molecule has 2 fully saturated rings. The van der Waals surface area contributed by atoms with Gasteiger partial charge in [0.1, 0.15) is 12.2 Å². The fourth-order valence-electron chi connectivity index (χ4n) is 2.84. The van der Waals surface area contributed by atoms with Crippen molar-refractivity contribution in [2.75, 3.05) is 46.4 Å². The molecule has 0 unspecified atom stereocenters. The van der Waals surface area contributed by atoms with Gasteiger partial charge < -0.3 is 25.0 Å². The number of ether oxygens (including phenoxy) is 1. The van der Waals surface area contributed by atoms with Gasteiger partial charge in [-0.25, -0.2) is 9.59 Å². The molecule has 7 nitrogen and oxygen atoms in total. The zero-order chi connectivity index (χ0) is 15.5. The first-order valence-corrected chi connectivity index (χ1v) is 7.45. The molecule has 0 spiro atoms. The Morgan fingerprint density at radius 2 is 1.95 bits per heavy atom. The van der Waals surface area contributed by atoms with Crippen LogP contribution in [-0.2, 0) is 9.53 Å². The molecule has 2 heterocycles. The highest BCUT2D eigenvalue weighted by Crippen LogP contribution is 2.24. The first-order chi connectivity index (χ1) is 9.88. The van der Waals surface area contributed by atoms with E-state index in [1.54, 1.807) is 4.90 Å². The van der Waals surface area contributed by atoms with E-state index in [-0.39, 0.29) is 12.6 Å². The number of hydrogen-bond acceptors (Lipinski definition) is 4. The highest BCUT2D eigenvalue weighted by molar-refractivity contribution is 5.75. The summed E-state index contributed by atoms with van der Waals surface area (Å²) < 4.78 is 5.29. The van der Waals surface area contributed by atoms with Gasteiger partial charge in [-0.15, -0.1) is 0 Å². The van der Waals surface area contributed by atoms with E-state index in [0.29, 0.717) is 19.0 Å². The molecule has 2 saturated heterocycles. The topological polar surface area (TPSA) is 82.1 Å². The smallest absolute Gasteiger partial charge is 0.329 e. The zero-order valence-electron chi connectivity index (χ0n) is 12.8. The number of amides is 2. The Kier molecular flexibility index (Phi) is 5.05. The van der Waals surface area contributed by atoms with E-state index in [0.717, 1.165) is 32.5 Å². The number of rotatable bonds is 5. The maximum Gasteiger partial charge on any atom is 0.329 e. The molecule has 0 radical (unpaired) electrons. The minimum atomic E-state index is -0.985. The number of nitrogens with one attached hydrogen (secondary N) is 1. The maximum absolute atomic E-state index is 12.0. The Labute approximate surface area is 125 Å². The quantitative estimate of drug-likeness (QED) is 0.758. The normalized spacial score (nSPS) is 22.7. The van der Waals surface area contributed by atoms with Gasteiger partial charge in [-0.1, -0.05) is 0 Å². The Morgan fingerprint density at radius 3 is 2.52 bits per heavy atom. The van der Waals surface area contributed by atoms with Crippen LogP contribution in [0.25, 0.3) is 0 Å². The van der Waals surface area contributed by atoms with E-state index in [4.69, 9.17) is 9.84 Å². The highest BCUT2D eigenvalue weighted by Gasteiger charge is 2.42. The average Bonchev–Trinajstić information content (AvgIpc) is 2.41. The molecular weight excluding hydrogens is 274 g/mol. The summed E-state index contributed by atoms with van der Waals surface area (Å²) in [6.07, 6.45) is 2.24. The van der Waals surface area contributed by atoms with Crippen LogP contribution in [0.5, 0.6) is 0 Å².